The maximum absolute atomic E-state index is 12.5. The number of carbonyl (C=O) groups is 1. The highest BCUT2D eigenvalue weighted by molar-refractivity contribution is 9.10. The van der Waals surface area contributed by atoms with Crippen LogP contribution in [0.15, 0.2) is 59.2 Å². The van der Waals surface area contributed by atoms with Gasteiger partial charge in [0.05, 0.1) is 18.4 Å². The monoisotopic (exact) mass is 507 g/mol. The summed E-state index contributed by atoms with van der Waals surface area (Å²) in [5.74, 6) is 0.256. The van der Waals surface area contributed by atoms with Crippen LogP contribution in [0.3, 0.4) is 0 Å². The standard InChI is InChI=1S/C25H26BrN5O2/c1-4-31(5-2)11-7-10-23(32)29-20-13-21-24(30-19-9-6-8-18(26)12-19)17(15-27)16-28-25(21)22(14-20)33-3/h6-10,12-14,16H,4-5,11H2,1-3H3,(H,28,30)(H,29,32). The molecule has 8 heteroatoms. The highest BCUT2D eigenvalue weighted by atomic mass is 79.9. The Morgan fingerprint density at radius 1 is 1.24 bits per heavy atom. The zero-order chi connectivity index (χ0) is 23.8. The third kappa shape index (κ3) is 6.09. The Morgan fingerprint density at radius 3 is 2.70 bits per heavy atom. The molecule has 170 valence electrons. The zero-order valence-corrected chi connectivity index (χ0v) is 20.4. The summed E-state index contributed by atoms with van der Waals surface area (Å²) in [7, 11) is 1.55. The number of carbonyl (C=O) groups excluding carboxylic acids is 1. The van der Waals surface area contributed by atoms with Crippen LogP contribution in [0.4, 0.5) is 17.1 Å². The van der Waals surface area contributed by atoms with Crippen LogP contribution in [0.25, 0.3) is 10.9 Å². The number of likely N-dealkylation sites (N-methyl/N-ethyl adjacent to an activating group) is 1. The van der Waals surface area contributed by atoms with Crippen LogP contribution in [0.1, 0.15) is 19.4 Å². The van der Waals surface area contributed by atoms with E-state index in [9.17, 15) is 10.1 Å². The lowest BCUT2D eigenvalue weighted by Gasteiger charge is -2.15. The molecule has 2 N–H and O–H groups in total. The van der Waals surface area contributed by atoms with E-state index in [1.807, 2.05) is 30.3 Å². The molecular weight excluding hydrogens is 482 g/mol. The number of aromatic nitrogens is 1. The Labute approximate surface area is 202 Å². The predicted molar refractivity (Wildman–Crippen MR) is 136 cm³/mol. The lowest BCUT2D eigenvalue weighted by Crippen LogP contribution is -2.23. The SMILES string of the molecule is CCN(CC)CC=CC(=O)Nc1cc(OC)c2ncc(C#N)c(Nc3cccc(Br)c3)c2c1. The van der Waals surface area contributed by atoms with Crippen LogP contribution in [0.5, 0.6) is 5.75 Å². The fourth-order valence-corrected chi connectivity index (χ4v) is 3.80. The van der Waals surface area contributed by atoms with E-state index in [0.717, 1.165) is 23.2 Å². The van der Waals surface area contributed by atoms with E-state index in [1.165, 1.54) is 12.3 Å². The summed E-state index contributed by atoms with van der Waals surface area (Å²) in [5.41, 5.74) is 2.91. The summed E-state index contributed by atoms with van der Waals surface area (Å²) in [6.07, 6.45) is 4.88. The summed E-state index contributed by atoms with van der Waals surface area (Å²) < 4.78 is 6.44. The third-order valence-electron chi connectivity index (χ3n) is 5.17. The molecule has 2 aromatic carbocycles. The molecule has 0 saturated carbocycles. The summed E-state index contributed by atoms with van der Waals surface area (Å²) in [5, 5.41) is 16.5. The van der Waals surface area contributed by atoms with Crippen LogP contribution in [0, 0.1) is 11.3 Å². The van der Waals surface area contributed by atoms with Crippen molar-refractivity contribution in [2.24, 2.45) is 0 Å². The summed E-state index contributed by atoms with van der Waals surface area (Å²) in [4.78, 5) is 19.1. The number of methoxy groups -OCH3 is 1. The smallest absolute Gasteiger partial charge is 0.248 e. The molecule has 0 fully saturated rings. The number of fused-ring (bicyclic) bond motifs is 1. The molecule has 0 aliphatic heterocycles. The number of anilines is 3. The molecular formula is C25H26BrN5O2. The van der Waals surface area contributed by atoms with Crippen LogP contribution in [0.2, 0.25) is 0 Å². The molecule has 0 aliphatic rings. The van der Waals surface area contributed by atoms with Gasteiger partial charge in [-0.1, -0.05) is 41.9 Å². The van der Waals surface area contributed by atoms with Crippen molar-refractivity contribution in [3.05, 3.63) is 64.8 Å². The average molecular weight is 508 g/mol. The first-order valence-corrected chi connectivity index (χ1v) is 11.4. The van der Waals surface area contributed by atoms with Crippen molar-refractivity contribution in [2.75, 3.05) is 37.4 Å². The number of benzene rings is 2. The van der Waals surface area contributed by atoms with Crippen molar-refractivity contribution in [2.45, 2.75) is 13.8 Å². The van der Waals surface area contributed by atoms with Crippen molar-refractivity contribution < 1.29 is 9.53 Å². The van der Waals surface area contributed by atoms with Gasteiger partial charge in [0.1, 0.15) is 17.3 Å². The summed E-state index contributed by atoms with van der Waals surface area (Å²) in [6.45, 7) is 6.72. The molecule has 0 saturated heterocycles. The van der Waals surface area contributed by atoms with Gasteiger partial charge in [-0.05, 0) is 37.4 Å². The zero-order valence-electron chi connectivity index (χ0n) is 18.9. The number of hydrogen-bond acceptors (Lipinski definition) is 6. The fourth-order valence-electron chi connectivity index (χ4n) is 3.40. The van der Waals surface area contributed by atoms with Crippen molar-refractivity contribution >= 4 is 49.8 Å². The largest absolute Gasteiger partial charge is 0.494 e. The van der Waals surface area contributed by atoms with E-state index >= 15 is 0 Å². The molecule has 0 unspecified atom stereocenters. The first-order valence-electron chi connectivity index (χ1n) is 10.6. The van der Waals surface area contributed by atoms with Gasteiger partial charge in [0, 0.05) is 46.1 Å². The topological polar surface area (TPSA) is 90.3 Å². The Balaban J connectivity index is 1.98. The Morgan fingerprint density at radius 2 is 2.03 bits per heavy atom. The minimum Gasteiger partial charge on any atom is -0.494 e. The average Bonchev–Trinajstić information content (AvgIpc) is 2.81. The number of halogens is 1. The van der Waals surface area contributed by atoms with E-state index < -0.39 is 0 Å². The second-order valence-electron chi connectivity index (χ2n) is 7.25. The maximum atomic E-state index is 12.5. The molecule has 3 rings (SSSR count). The first kappa shape index (κ1) is 24.2. The minimum absolute atomic E-state index is 0.241. The fraction of sp³-hybridized carbons (Fsp3) is 0.240. The number of ether oxygens (including phenoxy) is 1. The number of amides is 1. The Bertz CT molecular complexity index is 1220. The van der Waals surface area contributed by atoms with Gasteiger partial charge in [0.25, 0.3) is 0 Å². The number of nitriles is 1. The van der Waals surface area contributed by atoms with Gasteiger partial charge in [0.15, 0.2) is 0 Å². The molecule has 1 heterocycles. The molecule has 0 radical (unpaired) electrons. The van der Waals surface area contributed by atoms with E-state index in [0.29, 0.717) is 40.1 Å². The van der Waals surface area contributed by atoms with Gasteiger partial charge >= 0.3 is 0 Å². The molecule has 33 heavy (non-hydrogen) atoms. The lowest BCUT2D eigenvalue weighted by molar-refractivity contribution is -0.111. The van der Waals surface area contributed by atoms with E-state index in [4.69, 9.17) is 4.74 Å². The molecule has 0 atom stereocenters. The predicted octanol–water partition coefficient (Wildman–Crippen LogP) is 5.46. The van der Waals surface area contributed by atoms with E-state index in [2.05, 4.69) is 56.4 Å². The van der Waals surface area contributed by atoms with Gasteiger partial charge < -0.3 is 20.3 Å². The molecule has 3 aromatic rings. The molecule has 0 bridgehead atoms. The van der Waals surface area contributed by atoms with Gasteiger partial charge in [-0.2, -0.15) is 5.26 Å². The Kier molecular flexibility index (Phi) is 8.41. The van der Waals surface area contributed by atoms with Crippen molar-refractivity contribution in [3.8, 4) is 11.8 Å². The van der Waals surface area contributed by atoms with E-state index in [1.54, 1.807) is 19.2 Å². The van der Waals surface area contributed by atoms with Crippen LogP contribution in [-0.2, 0) is 4.79 Å². The number of nitrogens with zero attached hydrogens (tertiary/aromatic N) is 3. The number of pyridine rings is 1. The second-order valence-corrected chi connectivity index (χ2v) is 8.16. The first-order chi connectivity index (χ1) is 16.0. The number of nitrogens with one attached hydrogen (secondary N) is 2. The minimum atomic E-state index is -0.241. The van der Waals surface area contributed by atoms with Gasteiger partial charge in [-0.15, -0.1) is 0 Å². The molecule has 1 amide bonds. The number of rotatable bonds is 9. The summed E-state index contributed by atoms with van der Waals surface area (Å²) in [6, 6.07) is 13.3. The normalized spacial score (nSPS) is 11.0. The highest BCUT2D eigenvalue weighted by Crippen LogP contribution is 2.36. The molecule has 0 spiro atoms. The van der Waals surface area contributed by atoms with Crippen LogP contribution < -0.4 is 15.4 Å². The van der Waals surface area contributed by atoms with E-state index in [-0.39, 0.29) is 5.91 Å². The Hall–Kier alpha value is -3.41. The lowest BCUT2D eigenvalue weighted by atomic mass is 10.1. The molecule has 0 aliphatic carbocycles. The quantitative estimate of drug-likeness (QED) is 0.373. The number of hydrogen-bond donors (Lipinski definition) is 2. The van der Waals surface area contributed by atoms with Crippen molar-refractivity contribution in [3.63, 3.8) is 0 Å². The molecule has 7 nitrogen and oxygen atoms in total. The maximum Gasteiger partial charge on any atom is 0.248 e. The highest BCUT2D eigenvalue weighted by Gasteiger charge is 2.15. The van der Waals surface area contributed by atoms with Crippen LogP contribution in [-0.4, -0.2) is 42.5 Å². The second kappa shape index (κ2) is 11.5. The van der Waals surface area contributed by atoms with Crippen molar-refractivity contribution in [1.29, 1.82) is 5.26 Å². The van der Waals surface area contributed by atoms with Gasteiger partial charge in [-0.25, -0.2) is 0 Å². The van der Waals surface area contributed by atoms with Crippen LogP contribution >= 0.6 is 15.9 Å². The summed E-state index contributed by atoms with van der Waals surface area (Å²) >= 11 is 3.47. The van der Waals surface area contributed by atoms with Gasteiger partial charge in [-0.3, -0.25) is 9.78 Å². The third-order valence-corrected chi connectivity index (χ3v) is 5.66. The van der Waals surface area contributed by atoms with Gasteiger partial charge in [0.2, 0.25) is 5.91 Å². The molecule has 1 aromatic heterocycles. The van der Waals surface area contributed by atoms with Crippen molar-refractivity contribution in [1.82, 2.24) is 9.88 Å².